The summed E-state index contributed by atoms with van der Waals surface area (Å²) in [5.41, 5.74) is 2.08. The van der Waals surface area contributed by atoms with Crippen molar-refractivity contribution in [3.8, 4) is 0 Å². The molecule has 0 unspecified atom stereocenters. The van der Waals surface area contributed by atoms with Crippen molar-refractivity contribution in [1.29, 1.82) is 0 Å². The van der Waals surface area contributed by atoms with Gasteiger partial charge in [-0.15, -0.1) is 0 Å². The first kappa shape index (κ1) is 15.0. The van der Waals surface area contributed by atoms with Crippen LogP contribution in [0.5, 0.6) is 0 Å². The minimum atomic E-state index is -0.345. The number of amides is 1. The zero-order valence-electron chi connectivity index (χ0n) is 12.7. The maximum absolute atomic E-state index is 12.0. The van der Waals surface area contributed by atoms with Crippen molar-refractivity contribution < 1.29 is 9.90 Å². The second-order valence-electron chi connectivity index (χ2n) is 6.96. The highest BCUT2D eigenvalue weighted by molar-refractivity contribution is 5.79. The first-order valence-electron chi connectivity index (χ1n) is 7.36. The number of carbonyl (C=O) groups is 1. The monoisotopic (exact) mass is 275 g/mol. The first-order chi connectivity index (χ1) is 9.35. The highest BCUT2D eigenvalue weighted by Gasteiger charge is 2.37. The van der Waals surface area contributed by atoms with Crippen LogP contribution in [-0.2, 0) is 16.6 Å². The van der Waals surface area contributed by atoms with Gasteiger partial charge >= 0.3 is 0 Å². The fourth-order valence-electron chi connectivity index (χ4n) is 2.57. The number of hydrogen-bond donors (Lipinski definition) is 2. The molecule has 0 atom stereocenters. The van der Waals surface area contributed by atoms with E-state index < -0.39 is 0 Å². The van der Waals surface area contributed by atoms with Crippen molar-refractivity contribution >= 4 is 5.91 Å². The molecule has 0 aliphatic heterocycles. The molecule has 1 fully saturated rings. The lowest BCUT2D eigenvalue weighted by Crippen LogP contribution is -2.56. The minimum Gasteiger partial charge on any atom is -0.394 e. The van der Waals surface area contributed by atoms with Gasteiger partial charge in [-0.2, -0.15) is 0 Å². The fourth-order valence-corrected chi connectivity index (χ4v) is 2.57. The molecule has 1 amide bonds. The number of aliphatic hydroxyl groups is 1. The molecule has 0 radical (unpaired) electrons. The van der Waals surface area contributed by atoms with E-state index in [4.69, 9.17) is 0 Å². The highest BCUT2D eigenvalue weighted by Crippen LogP contribution is 2.31. The van der Waals surface area contributed by atoms with Crippen LogP contribution in [0.4, 0.5) is 0 Å². The van der Waals surface area contributed by atoms with E-state index in [1.807, 2.05) is 12.1 Å². The molecule has 2 rings (SSSR count). The SMILES string of the molecule is CC(C)(C)c1ccc(CC(=O)NC2(CO)CCC2)cc1. The zero-order chi connectivity index (χ0) is 14.8. The van der Waals surface area contributed by atoms with Gasteiger partial charge < -0.3 is 10.4 Å². The molecule has 1 aliphatic rings. The van der Waals surface area contributed by atoms with Crippen LogP contribution in [0.25, 0.3) is 0 Å². The molecule has 110 valence electrons. The number of aliphatic hydroxyl groups excluding tert-OH is 1. The summed E-state index contributed by atoms with van der Waals surface area (Å²) in [6.07, 6.45) is 3.24. The van der Waals surface area contributed by atoms with Crippen LogP contribution < -0.4 is 5.32 Å². The Morgan fingerprint density at radius 2 is 1.85 bits per heavy atom. The Kier molecular flexibility index (Phi) is 4.19. The summed E-state index contributed by atoms with van der Waals surface area (Å²) >= 11 is 0. The molecule has 1 saturated carbocycles. The van der Waals surface area contributed by atoms with E-state index in [1.54, 1.807) is 0 Å². The molecule has 0 heterocycles. The Labute approximate surface area is 121 Å². The van der Waals surface area contributed by atoms with E-state index in [1.165, 1.54) is 5.56 Å². The summed E-state index contributed by atoms with van der Waals surface area (Å²) in [7, 11) is 0. The van der Waals surface area contributed by atoms with Crippen LogP contribution in [0, 0.1) is 0 Å². The summed E-state index contributed by atoms with van der Waals surface area (Å²) in [6, 6.07) is 8.22. The average molecular weight is 275 g/mol. The van der Waals surface area contributed by atoms with Crippen LogP contribution in [0.2, 0.25) is 0 Å². The van der Waals surface area contributed by atoms with Crippen LogP contribution in [-0.4, -0.2) is 23.2 Å². The Morgan fingerprint density at radius 3 is 2.25 bits per heavy atom. The topological polar surface area (TPSA) is 49.3 Å². The van der Waals surface area contributed by atoms with Gasteiger partial charge in [0.2, 0.25) is 5.91 Å². The summed E-state index contributed by atoms with van der Waals surface area (Å²) in [5.74, 6) is 0.00209. The normalized spacial score (nSPS) is 17.4. The quantitative estimate of drug-likeness (QED) is 0.887. The smallest absolute Gasteiger partial charge is 0.224 e. The lowest BCUT2D eigenvalue weighted by Gasteiger charge is -2.41. The Hall–Kier alpha value is -1.35. The van der Waals surface area contributed by atoms with Crippen molar-refractivity contribution in [3.05, 3.63) is 35.4 Å². The van der Waals surface area contributed by atoms with Crippen LogP contribution in [0.1, 0.15) is 51.2 Å². The fraction of sp³-hybridized carbons (Fsp3) is 0.588. The first-order valence-corrected chi connectivity index (χ1v) is 7.36. The maximum atomic E-state index is 12.0. The van der Waals surface area contributed by atoms with Gasteiger partial charge in [-0.25, -0.2) is 0 Å². The van der Waals surface area contributed by atoms with Crippen molar-refractivity contribution in [2.24, 2.45) is 0 Å². The summed E-state index contributed by atoms with van der Waals surface area (Å²) in [6.45, 7) is 6.57. The number of rotatable bonds is 4. The van der Waals surface area contributed by atoms with Gasteiger partial charge in [0.1, 0.15) is 0 Å². The van der Waals surface area contributed by atoms with Gasteiger partial charge in [0.05, 0.1) is 18.6 Å². The predicted octanol–water partition coefficient (Wildman–Crippen LogP) is 2.56. The van der Waals surface area contributed by atoms with Crippen molar-refractivity contribution in [2.45, 2.75) is 57.4 Å². The Bertz CT molecular complexity index is 461. The molecular weight excluding hydrogens is 250 g/mol. The van der Waals surface area contributed by atoms with Crippen molar-refractivity contribution in [3.63, 3.8) is 0 Å². The molecule has 0 saturated heterocycles. The van der Waals surface area contributed by atoms with Crippen molar-refractivity contribution in [1.82, 2.24) is 5.32 Å². The number of benzene rings is 1. The number of carbonyl (C=O) groups excluding carboxylic acids is 1. The van der Waals surface area contributed by atoms with E-state index in [0.717, 1.165) is 24.8 Å². The van der Waals surface area contributed by atoms with E-state index >= 15 is 0 Å². The molecule has 0 spiro atoms. The van der Waals surface area contributed by atoms with Gasteiger partial charge in [-0.3, -0.25) is 4.79 Å². The summed E-state index contributed by atoms with van der Waals surface area (Å²) in [5, 5.41) is 12.3. The van der Waals surface area contributed by atoms with Crippen molar-refractivity contribution in [2.75, 3.05) is 6.61 Å². The average Bonchev–Trinajstić information content (AvgIpc) is 2.33. The summed E-state index contributed by atoms with van der Waals surface area (Å²) in [4.78, 5) is 12.0. The van der Waals surface area contributed by atoms with Crippen LogP contribution in [0.15, 0.2) is 24.3 Å². The van der Waals surface area contributed by atoms with Gasteiger partial charge in [0, 0.05) is 0 Å². The van der Waals surface area contributed by atoms with E-state index in [9.17, 15) is 9.90 Å². The van der Waals surface area contributed by atoms with Gasteiger partial charge in [0.15, 0.2) is 0 Å². The Balaban J connectivity index is 1.95. The minimum absolute atomic E-state index is 0.00209. The van der Waals surface area contributed by atoms with Crippen LogP contribution >= 0.6 is 0 Å². The molecule has 3 nitrogen and oxygen atoms in total. The van der Waals surface area contributed by atoms with E-state index in [0.29, 0.717) is 6.42 Å². The molecular formula is C17H25NO2. The molecule has 0 bridgehead atoms. The third kappa shape index (κ3) is 3.40. The summed E-state index contributed by atoms with van der Waals surface area (Å²) < 4.78 is 0. The molecule has 2 N–H and O–H groups in total. The van der Waals surface area contributed by atoms with Gasteiger partial charge in [0.25, 0.3) is 0 Å². The third-order valence-corrected chi connectivity index (χ3v) is 4.20. The third-order valence-electron chi connectivity index (χ3n) is 4.20. The standard InChI is InChI=1S/C17H25NO2/c1-16(2,3)14-7-5-13(6-8-14)11-15(20)18-17(12-19)9-4-10-17/h5-8,19H,4,9-12H2,1-3H3,(H,18,20). The highest BCUT2D eigenvalue weighted by atomic mass is 16.3. The van der Waals surface area contributed by atoms with E-state index in [2.05, 4.69) is 38.2 Å². The predicted molar refractivity (Wildman–Crippen MR) is 80.7 cm³/mol. The number of hydrogen-bond acceptors (Lipinski definition) is 2. The molecule has 1 aliphatic carbocycles. The number of nitrogens with one attached hydrogen (secondary N) is 1. The van der Waals surface area contributed by atoms with Gasteiger partial charge in [-0.1, -0.05) is 45.0 Å². The molecule has 3 heteroatoms. The maximum Gasteiger partial charge on any atom is 0.224 e. The zero-order valence-corrected chi connectivity index (χ0v) is 12.7. The molecule has 1 aromatic carbocycles. The van der Waals surface area contributed by atoms with Crippen LogP contribution in [0.3, 0.4) is 0 Å². The second kappa shape index (κ2) is 5.57. The van der Waals surface area contributed by atoms with Gasteiger partial charge in [-0.05, 0) is 35.8 Å². The molecule has 1 aromatic rings. The Morgan fingerprint density at radius 1 is 1.25 bits per heavy atom. The largest absolute Gasteiger partial charge is 0.394 e. The van der Waals surface area contributed by atoms with E-state index in [-0.39, 0.29) is 23.5 Å². The lowest BCUT2D eigenvalue weighted by molar-refractivity contribution is -0.124. The second-order valence-corrected chi connectivity index (χ2v) is 6.96. The lowest BCUT2D eigenvalue weighted by atomic mass is 9.77. The molecule has 0 aromatic heterocycles. The molecule has 20 heavy (non-hydrogen) atoms.